The highest BCUT2D eigenvalue weighted by Crippen LogP contribution is 2.20. The minimum absolute atomic E-state index is 0.0387. The molecule has 2 amide bonds. The second-order valence-electron chi connectivity index (χ2n) is 9.07. The normalized spacial score (nSPS) is 15.7. The first-order valence-electron chi connectivity index (χ1n) is 12.0. The van der Waals surface area contributed by atoms with Gasteiger partial charge in [0.2, 0.25) is 23.4 Å². The summed E-state index contributed by atoms with van der Waals surface area (Å²) in [5.41, 5.74) is 1.73. The third kappa shape index (κ3) is 6.53. The van der Waals surface area contributed by atoms with E-state index in [0.29, 0.717) is 6.42 Å². The quantitative estimate of drug-likeness (QED) is 0.335. The number of benzene rings is 1. The predicted octanol–water partition coefficient (Wildman–Crippen LogP) is 2.52. The lowest BCUT2D eigenvalue weighted by molar-refractivity contribution is -0.141. The van der Waals surface area contributed by atoms with E-state index in [1.807, 2.05) is 52.0 Å². The third-order valence-electron chi connectivity index (χ3n) is 6.64. The Balaban J connectivity index is 2.40. The van der Waals surface area contributed by atoms with Gasteiger partial charge in [-0.1, -0.05) is 58.7 Å². The molecule has 0 spiro atoms. The Morgan fingerprint density at radius 1 is 0.912 bits per heavy atom. The van der Waals surface area contributed by atoms with Gasteiger partial charge in [-0.05, 0) is 30.5 Å². The average Bonchev–Trinajstić information content (AvgIpc) is 3.23. The van der Waals surface area contributed by atoms with Crippen molar-refractivity contribution in [2.24, 2.45) is 11.8 Å². The fourth-order valence-corrected chi connectivity index (χ4v) is 4.15. The number of amides is 2. The second kappa shape index (κ2) is 12.5. The molecular formula is C26H38N4O4. The monoisotopic (exact) mass is 470 g/mol. The highest BCUT2D eigenvalue weighted by atomic mass is 16.2. The number of carbonyl (C=O) groups excluding carboxylic acids is 4. The summed E-state index contributed by atoms with van der Waals surface area (Å²) in [4.78, 5) is 54.8. The maximum atomic E-state index is 13.5. The molecule has 1 aromatic carbocycles. The van der Waals surface area contributed by atoms with Gasteiger partial charge in [-0.2, -0.15) is 0 Å². The summed E-state index contributed by atoms with van der Waals surface area (Å²) in [6.07, 6.45) is 3.34. The minimum Gasteiger partial charge on any atom is -0.361 e. The first-order chi connectivity index (χ1) is 16.1. The Labute approximate surface area is 201 Å². The molecule has 0 aliphatic carbocycles. The van der Waals surface area contributed by atoms with Crippen molar-refractivity contribution in [2.45, 2.75) is 72.0 Å². The van der Waals surface area contributed by atoms with Crippen LogP contribution in [0.3, 0.4) is 0 Å². The van der Waals surface area contributed by atoms with Gasteiger partial charge in [0.15, 0.2) is 0 Å². The summed E-state index contributed by atoms with van der Waals surface area (Å²) in [5, 5.41) is 9.41. The number of aromatic amines is 1. The Kier molecular flexibility index (Phi) is 9.98. The van der Waals surface area contributed by atoms with Gasteiger partial charge in [0.1, 0.15) is 0 Å². The molecule has 2 unspecified atom stereocenters. The molecule has 1 aromatic heterocycles. The molecule has 2 aromatic rings. The van der Waals surface area contributed by atoms with E-state index >= 15 is 0 Å². The summed E-state index contributed by atoms with van der Waals surface area (Å²) in [6.45, 7) is 8.98. The van der Waals surface area contributed by atoms with Crippen LogP contribution in [0, 0.1) is 11.8 Å². The van der Waals surface area contributed by atoms with Crippen LogP contribution in [0.5, 0.6) is 0 Å². The number of rotatable bonds is 13. The molecule has 0 aliphatic heterocycles. The van der Waals surface area contributed by atoms with Crippen molar-refractivity contribution < 1.29 is 19.2 Å². The fourth-order valence-electron chi connectivity index (χ4n) is 4.15. The highest BCUT2D eigenvalue weighted by molar-refractivity contribution is 6.41. The molecule has 5 atom stereocenters. The Hall–Kier alpha value is -3.00. The number of hydrogen-bond acceptors (Lipinski definition) is 5. The number of Topliss-reactive ketones (excluding diaryl/α,β-unsaturated/α-hetero) is 2. The number of fused-ring (bicyclic) bond motifs is 1. The van der Waals surface area contributed by atoms with Crippen LogP contribution in [0.2, 0.25) is 0 Å². The van der Waals surface area contributed by atoms with Gasteiger partial charge in [0, 0.05) is 30.4 Å². The molecule has 0 saturated heterocycles. The number of ketones is 2. The van der Waals surface area contributed by atoms with Crippen LogP contribution in [0.15, 0.2) is 30.5 Å². The number of aromatic nitrogens is 1. The summed E-state index contributed by atoms with van der Waals surface area (Å²) in [5.74, 6) is -2.30. The maximum Gasteiger partial charge on any atom is 0.238 e. The number of H-pyrrole nitrogens is 1. The zero-order valence-electron chi connectivity index (χ0n) is 21.0. The molecule has 0 radical (unpaired) electrons. The molecule has 0 bridgehead atoms. The van der Waals surface area contributed by atoms with E-state index in [-0.39, 0.29) is 30.1 Å². The fraction of sp³-hybridized carbons (Fsp3) is 0.538. The van der Waals surface area contributed by atoms with E-state index in [2.05, 4.69) is 20.9 Å². The Morgan fingerprint density at radius 3 is 2.12 bits per heavy atom. The zero-order chi connectivity index (χ0) is 25.4. The molecule has 34 heavy (non-hydrogen) atoms. The number of carbonyl (C=O) groups is 4. The molecule has 8 nitrogen and oxygen atoms in total. The highest BCUT2D eigenvalue weighted by Gasteiger charge is 2.36. The molecule has 0 fully saturated rings. The molecular weight excluding hydrogens is 432 g/mol. The maximum absolute atomic E-state index is 13.5. The summed E-state index contributed by atoms with van der Waals surface area (Å²) >= 11 is 0. The van der Waals surface area contributed by atoms with E-state index in [9.17, 15) is 19.2 Å². The van der Waals surface area contributed by atoms with Crippen molar-refractivity contribution in [3.63, 3.8) is 0 Å². The van der Waals surface area contributed by atoms with Crippen molar-refractivity contribution >= 4 is 34.3 Å². The minimum atomic E-state index is -1.06. The Morgan fingerprint density at radius 2 is 1.53 bits per heavy atom. The lowest BCUT2D eigenvalue weighted by atomic mass is 9.89. The number of hydrogen-bond donors (Lipinski definition) is 4. The van der Waals surface area contributed by atoms with Crippen molar-refractivity contribution in [2.75, 3.05) is 7.05 Å². The van der Waals surface area contributed by atoms with Crippen LogP contribution in [-0.2, 0) is 25.6 Å². The Bertz CT molecular complexity index is 1020. The first kappa shape index (κ1) is 27.2. The molecule has 8 heteroatoms. The van der Waals surface area contributed by atoms with Gasteiger partial charge in [0.05, 0.1) is 18.1 Å². The zero-order valence-corrected chi connectivity index (χ0v) is 21.0. The van der Waals surface area contributed by atoms with Crippen LogP contribution in [0.4, 0.5) is 0 Å². The molecule has 4 N–H and O–H groups in total. The van der Waals surface area contributed by atoms with Crippen LogP contribution >= 0.6 is 0 Å². The number of para-hydroxylation sites is 1. The van der Waals surface area contributed by atoms with Crippen LogP contribution in [0.1, 0.15) is 53.0 Å². The average molecular weight is 471 g/mol. The van der Waals surface area contributed by atoms with E-state index in [0.717, 1.165) is 22.9 Å². The number of likely N-dealkylation sites (N-methyl/N-ethyl adjacent to an activating group) is 1. The van der Waals surface area contributed by atoms with E-state index in [1.54, 1.807) is 13.2 Å². The first-order valence-corrected chi connectivity index (χ1v) is 12.0. The molecule has 0 saturated carbocycles. The molecule has 0 aliphatic rings. The molecule has 1 heterocycles. The lowest BCUT2D eigenvalue weighted by Gasteiger charge is -2.27. The molecule has 186 valence electrons. The largest absolute Gasteiger partial charge is 0.361 e. The standard InChI is InChI=1S/C26H38N4O4/c1-7-15(3)22(29-17(5)31)25(33)24(32)21(30-26(34)23(27-6)16(4)8-2)13-18-14-28-20-12-10-9-11-19(18)20/h9-12,14-16,21-23,27-28H,7-8,13H2,1-6H3,(H,29,31)(H,30,34)/t15-,16-,21-,22?,23?/m0/s1. The third-order valence-corrected chi connectivity index (χ3v) is 6.64. The lowest BCUT2D eigenvalue weighted by Crippen LogP contribution is -2.56. The summed E-state index contributed by atoms with van der Waals surface area (Å²) < 4.78 is 0. The van der Waals surface area contributed by atoms with Gasteiger partial charge >= 0.3 is 0 Å². The second-order valence-corrected chi connectivity index (χ2v) is 9.07. The predicted molar refractivity (Wildman–Crippen MR) is 133 cm³/mol. The number of nitrogens with one attached hydrogen (secondary N) is 4. The van der Waals surface area contributed by atoms with Crippen molar-refractivity contribution in [3.05, 3.63) is 36.0 Å². The van der Waals surface area contributed by atoms with Crippen molar-refractivity contribution in [3.8, 4) is 0 Å². The molecule has 2 rings (SSSR count). The van der Waals surface area contributed by atoms with E-state index in [4.69, 9.17) is 0 Å². The van der Waals surface area contributed by atoms with Crippen LogP contribution in [0.25, 0.3) is 10.9 Å². The van der Waals surface area contributed by atoms with Gasteiger partial charge < -0.3 is 20.9 Å². The SMILES string of the molecule is CC[C@H](C)C(NC)C(=O)N[C@@H](Cc1c[nH]c2ccccc12)C(=O)C(=O)C(NC(C)=O)[C@@H](C)CC. The van der Waals surface area contributed by atoms with Gasteiger partial charge in [-0.15, -0.1) is 0 Å². The topological polar surface area (TPSA) is 120 Å². The van der Waals surface area contributed by atoms with Crippen molar-refractivity contribution in [1.82, 2.24) is 20.9 Å². The van der Waals surface area contributed by atoms with Crippen molar-refractivity contribution in [1.29, 1.82) is 0 Å². The van der Waals surface area contributed by atoms with Gasteiger partial charge in [-0.3, -0.25) is 19.2 Å². The van der Waals surface area contributed by atoms with Gasteiger partial charge in [-0.25, -0.2) is 0 Å². The van der Waals surface area contributed by atoms with E-state index in [1.165, 1.54) is 6.92 Å². The smallest absolute Gasteiger partial charge is 0.238 e. The summed E-state index contributed by atoms with van der Waals surface area (Å²) in [6, 6.07) is 5.17. The van der Waals surface area contributed by atoms with Crippen LogP contribution in [-0.4, -0.2) is 53.5 Å². The van der Waals surface area contributed by atoms with Gasteiger partial charge in [0.25, 0.3) is 0 Å². The summed E-state index contributed by atoms with van der Waals surface area (Å²) in [7, 11) is 1.70. The van der Waals surface area contributed by atoms with Crippen LogP contribution < -0.4 is 16.0 Å². The van der Waals surface area contributed by atoms with E-state index < -0.39 is 29.7 Å².